The summed E-state index contributed by atoms with van der Waals surface area (Å²) >= 11 is 1.78. The molecule has 0 aromatic carbocycles. The molecular weight excluding hydrogens is 224 g/mol. The van der Waals surface area contributed by atoms with Gasteiger partial charge in [-0.25, -0.2) is 4.98 Å². The number of thiazole rings is 1. The third kappa shape index (κ3) is 3.52. The van der Waals surface area contributed by atoms with E-state index in [1.165, 1.54) is 22.7 Å². The third-order valence-electron chi connectivity index (χ3n) is 2.54. The summed E-state index contributed by atoms with van der Waals surface area (Å²) in [6.07, 6.45) is 4.11. The van der Waals surface area contributed by atoms with Crippen LogP contribution in [0.1, 0.15) is 28.6 Å². The first-order valence-corrected chi connectivity index (χ1v) is 6.43. The minimum absolute atomic E-state index is 0.378. The standard InChI is InChI=1S/C11H18N2O2S/c1-15-7-9(14)4-12-5-10-6-13-11(16-10)8-2-3-8/h6,8-9,12,14H,2-5,7H2,1H3. The lowest BCUT2D eigenvalue weighted by molar-refractivity contribution is 0.0644. The van der Waals surface area contributed by atoms with E-state index in [1.807, 2.05) is 6.20 Å². The van der Waals surface area contributed by atoms with Crippen molar-refractivity contribution in [3.8, 4) is 0 Å². The maximum Gasteiger partial charge on any atom is 0.0959 e. The largest absolute Gasteiger partial charge is 0.389 e. The number of methoxy groups -OCH3 is 1. The fourth-order valence-corrected chi connectivity index (χ4v) is 2.59. The molecule has 1 aliphatic rings. The maximum absolute atomic E-state index is 9.43. The molecule has 1 aromatic heterocycles. The van der Waals surface area contributed by atoms with Crippen LogP contribution in [0, 0.1) is 0 Å². The molecule has 0 bridgehead atoms. The van der Waals surface area contributed by atoms with Crippen LogP contribution in [0.5, 0.6) is 0 Å². The molecular formula is C11H18N2O2S. The Morgan fingerprint density at radius 3 is 3.19 bits per heavy atom. The summed E-state index contributed by atoms with van der Waals surface area (Å²) in [5.41, 5.74) is 0. The third-order valence-corrected chi connectivity index (χ3v) is 3.70. The number of nitrogens with one attached hydrogen (secondary N) is 1. The molecule has 2 rings (SSSR count). The first kappa shape index (κ1) is 12.0. The first-order valence-electron chi connectivity index (χ1n) is 5.62. The highest BCUT2D eigenvalue weighted by Gasteiger charge is 2.26. The molecule has 1 fully saturated rings. The summed E-state index contributed by atoms with van der Waals surface area (Å²) in [6, 6.07) is 0. The molecule has 1 heterocycles. The number of aliphatic hydroxyl groups is 1. The van der Waals surface area contributed by atoms with Crippen molar-refractivity contribution in [2.75, 3.05) is 20.3 Å². The minimum atomic E-state index is -0.430. The normalized spacial score (nSPS) is 17.6. The quantitative estimate of drug-likeness (QED) is 0.752. The van der Waals surface area contributed by atoms with Crippen LogP contribution >= 0.6 is 11.3 Å². The van der Waals surface area contributed by atoms with Crippen LogP contribution < -0.4 is 5.32 Å². The van der Waals surface area contributed by atoms with Gasteiger partial charge in [-0.3, -0.25) is 0 Å². The van der Waals surface area contributed by atoms with Crippen LogP contribution in [0.25, 0.3) is 0 Å². The monoisotopic (exact) mass is 242 g/mol. The van der Waals surface area contributed by atoms with Crippen molar-refractivity contribution in [1.29, 1.82) is 0 Å². The van der Waals surface area contributed by atoms with Gasteiger partial charge in [0.1, 0.15) is 0 Å². The Labute approximate surface area is 99.7 Å². The SMILES string of the molecule is COCC(O)CNCc1cnc(C2CC2)s1. The van der Waals surface area contributed by atoms with E-state index in [2.05, 4.69) is 10.3 Å². The van der Waals surface area contributed by atoms with Gasteiger partial charge in [0.05, 0.1) is 17.7 Å². The highest BCUT2D eigenvalue weighted by Crippen LogP contribution is 2.41. The van der Waals surface area contributed by atoms with Gasteiger partial charge in [-0.2, -0.15) is 0 Å². The van der Waals surface area contributed by atoms with Gasteiger partial charge in [0, 0.05) is 37.2 Å². The number of hydrogen-bond donors (Lipinski definition) is 2. The molecule has 5 heteroatoms. The number of rotatable bonds is 7. The summed E-state index contributed by atoms with van der Waals surface area (Å²) < 4.78 is 4.85. The maximum atomic E-state index is 9.43. The zero-order valence-corrected chi connectivity index (χ0v) is 10.3. The van der Waals surface area contributed by atoms with Gasteiger partial charge < -0.3 is 15.2 Å². The molecule has 0 spiro atoms. The second-order valence-electron chi connectivity index (χ2n) is 4.18. The van der Waals surface area contributed by atoms with Gasteiger partial charge in [0.15, 0.2) is 0 Å². The average Bonchev–Trinajstić information content (AvgIpc) is 3.00. The summed E-state index contributed by atoms with van der Waals surface area (Å²) in [5.74, 6) is 0.734. The molecule has 0 amide bonds. The molecule has 0 aliphatic heterocycles. The first-order chi connectivity index (χ1) is 7.79. The van der Waals surface area contributed by atoms with Gasteiger partial charge in [0.2, 0.25) is 0 Å². The van der Waals surface area contributed by atoms with Crippen molar-refractivity contribution in [1.82, 2.24) is 10.3 Å². The number of aromatic nitrogens is 1. The highest BCUT2D eigenvalue weighted by molar-refractivity contribution is 7.11. The van der Waals surface area contributed by atoms with Gasteiger partial charge >= 0.3 is 0 Å². The van der Waals surface area contributed by atoms with Crippen LogP contribution in [0.15, 0.2) is 6.20 Å². The zero-order chi connectivity index (χ0) is 11.4. The van der Waals surface area contributed by atoms with E-state index in [4.69, 9.17) is 4.74 Å². The van der Waals surface area contributed by atoms with E-state index in [9.17, 15) is 5.11 Å². The Hall–Kier alpha value is -0.490. The van der Waals surface area contributed by atoms with Crippen LogP contribution in [0.3, 0.4) is 0 Å². The number of aliphatic hydroxyl groups excluding tert-OH is 1. The summed E-state index contributed by atoms with van der Waals surface area (Å²) in [5, 5.41) is 13.9. The number of nitrogens with zero attached hydrogens (tertiary/aromatic N) is 1. The summed E-state index contributed by atoms with van der Waals surface area (Å²) in [4.78, 5) is 5.65. The summed E-state index contributed by atoms with van der Waals surface area (Å²) in [6.45, 7) is 1.72. The lowest BCUT2D eigenvalue weighted by Crippen LogP contribution is -2.29. The Bertz CT molecular complexity index is 326. The second-order valence-corrected chi connectivity index (χ2v) is 5.33. The van der Waals surface area contributed by atoms with Crippen LogP contribution in [0.4, 0.5) is 0 Å². The predicted molar refractivity (Wildman–Crippen MR) is 63.7 cm³/mol. The van der Waals surface area contributed by atoms with Crippen molar-refractivity contribution in [3.05, 3.63) is 16.1 Å². The van der Waals surface area contributed by atoms with E-state index >= 15 is 0 Å². The van der Waals surface area contributed by atoms with Gasteiger partial charge in [-0.15, -0.1) is 11.3 Å². The van der Waals surface area contributed by atoms with E-state index in [0.717, 1.165) is 12.5 Å². The zero-order valence-electron chi connectivity index (χ0n) is 9.48. The molecule has 2 N–H and O–H groups in total. The predicted octanol–water partition coefficient (Wildman–Crippen LogP) is 1.12. The minimum Gasteiger partial charge on any atom is -0.389 e. The van der Waals surface area contributed by atoms with Crippen molar-refractivity contribution < 1.29 is 9.84 Å². The molecule has 0 saturated heterocycles. The smallest absolute Gasteiger partial charge is 0.0959 e. The van der Waals surface area contributed by atoms with Crippen LogP contribution in [0.2, 0.25) is 0 Å². The molecule has 1 atom stereocenters. The van der Waals surface area contributed by atoms with Crippen molar-refractivity contribution in [2.24, 2.45) is 0 Å². The van der Waals surface area contributed by atoms with Gasteiger partial charge in [-0.1, -0.05) is 0 Å². The Morgan fingerprint density at radius 1 is 1.69 bits per heavy atom. The highest BCUT2D eigenvalue weighted by atomic mass is 32.1. The lowest BCUT2D eigenvalue weighted by Gasteiger charge is -2.09. The van der Waals surface area contributed by atoms with E-state index < -0.39 is 6.10 Å². The molecule has 0 radical (unpaired) electrons. The molecule has 90 valence electrons. The van der Waals surface area contributed by atoms with Crippen LogP contribution in [-0.4, -0.2) is 36.5 Å². The van der Waals surface area contributed by atoms with Crippen molar-refractivity contribution >= 4 is 11.3 Å². The molecule has 1 unspecified atom stereocenters. The van der Waals surface area contributed by atoms with Crippen LogP contribution in [-0.2, 0) is 11.3 Å². The van der Waals surface area contributed by atoms with E-state index in [1.54, 1.807) is 18.4 Å². The number of hydrogen-bond acceptors (Lipinski definition) is 5. The fourth-order valence-electron chi connectivity index (χ4n) is 1.54. The second kappa shape index (κ2) is 5.72. The van der Waals surface area contributed by atoms with Crippen molar-refractivity contribution in [3.63, 3.8) is 0 Å². The lowest BCUT2D eigenvalue weighted by atomic mass is 10.4. The van der Waals surface area contributed by atoms with Gasteiger partial charge in [-0.05, 0) is 12.8 Å². The van der Waals surface area contributed by atoms with Crippen molar-refractivity contribution in [2.45, 2.75) is 31.4 Å². The Morgan fingerprint density at radius 2 is 2.50 bits per heavy atom. The van der Waals surface area contributed by atoms with Gasteiger partial charge in [0.25, 0.3) is 0 Å². The Balaban J connectivity index is 1.68. The molecule has 16 heavy (non-hydrogen) atoms. The molecule has 4 nitrogen and oxygen atoms in total. The van der Waals surface area contributed by atoms with E-state index in [0.29, 0.717) is 13.2 Å². The summed E-state index contributed by atoms with van der Waals surface area (Å²) in [7, 11) is 1.59. The van der Waals surface area contributed by atoms with E-state index in [-0.39, 0.29) is 0 Å². The number of ether oxygens (including phenoxy) is 1. The average molecular weight is 242 g/mol. The molecule has 1 aliphatic carbocycles. The fraction of sp³-hybridized carbons (Fsp3) is 0.727. The topological polar surface area (TPSA) is 54.4 Å². The Kier molecular flexibility index (Phi) is 4.29. The molecule has 1 aromatic rings. The molecule has 1 saturated carbocycles.